The van der Waals surface area contributed by atoms with E-state index < -0.39 is 0 Å². The minimum Gasteiger partial charge on any atom is -0.370 e. The fourth-order valence-electron chi connectivity index (χ4n) is 5.15. The number of hydrogen-bond donors (Lipinski definition) is 0. The molecule has 1 unspecified atom stereocenters. The molecule has 0 radical (unpaired) electrons. The Kier molecular flexibility index (Phi) is 10.5. The molecule has 4 heteroatoms. The van der Waals surface area contributed by atoms with Gasteiger partial charge in [0.15, 0.2) is 0 Å². The van der Waals surface area contributed by atoms with Crippen LogP contribution in [0.4, 0.5) is 0 Å². The molecule has 186 valence electrons. The average Bonchev–Trinajstić information content (AvgIpc) is 2.86. The lowest BCUT2D eigenvalue weighted by Gasteiger charge is -2.42. The SMILES string of the molecule is C=C(CCCC)N1CCN(C)CC1CCCC.C=Cc1ccc2c(Cl)c3c(nc2c1)CCCC3. The monoisotopic (exact) mass is 481 g/mol. The number of pyridine rings is 1. The molecule has 1 saturated heterocycles. The highest BCUT2D eigenvalue weighted by atomic mass is 35.5. The molecule has 2 aromatic rings. The fraction of sp³-hybridized carbons (Fsp3) is 0.567. The van der Waals surface area contributed by atoms with Gasteiger partial charge in [0.1, 0.15) is 0 Å². The molecule has 4 rings (SSSR count). The van der Waals surface area contributed by atoms with Crippen molar-refractivity contribution >= 4 is 28.6 Å². The summed E-state index contributed by atoms with van der Waals surface area (Å²) in [7, 11) is 2.24. The first-order chi connectivity index (χ1) is 16.5. The number of fused-ring (bicyclic) bond motifs is 2. The third-order valence-electron chi connectivity index (χ3n) is 7.25. The molecule has 0 bridgehead atoms. The maximum atomic E-state index is 6.49. The Morgan fingerprint density at radius 3 is 2.65 bits per heavy atom. The summed E-state index contributed by atoms with van der Waals surface area (Å²) in [5.74, 6) is 0. The number of aryl methyl sites for hydroxylation is 1. The van der Waals surface area contributed by atoms with Crippen molar-refractivity contribution in [1.82, 2.24) is 14.8 Å². The topological polar surface area (TPSA) is 19.4 Å². The lowest BCUT2D eigenvalue weighted by molar-refractivity contribution is 0.110. The number of piperazine rings is 1. The summed E-state index contributed by atoms with van der Waals surface area (Å²) in [6.45, 7) is 16.2. The van der Waals surface area contributed by atoms with E-state index in [2.05, 4.69) is 56.0 Å². The van der Waals surface area contributed by atoms with Gasteiger partial charge in [0.25, 0.3) is 0 Å². The maximum Gasteiger partial charge on any atom is 0.0726 e. The zero-order valence-corrected chi connectivity index (χ0v) is 22.5. The van der Waals surface area contributed by atoms with Gasteiger partial charge in [0.2, 0.25) is 0 Å². The molecule has 1 aliphatic carbocycles. The molecular weight excluding hydrogens is 438 g/mol. The lowest BCUT2D eigenvalue weighted by atomic mass is 9.94. The second kappa shape index (κ2) is 13.3. The predicted octanol–water partition coefficient (Wildman–Crippen LogP) is 7.91. The van der Waals surface area contributed by atoms with Gasteiger partial charge < -0.3 is 9.80 Å². The zero-order chi connectivity index (χ0) is 24.5. The first-order valence-electron chi connectivity index (χ1n) is 13.3. The number of likely N-dealkylation sites (N-methyl/N-ethyl adjacent to an activating group) is 1. The Morgan fingerprint density at radius 2 is 1.91 bits per heavy atom. The van der Waals surface area contributed by atoms with E-state index in [1.165, 1.54) is 88.0 Å². The summed E-state index contributed by atoms with van der Waals surface area (Å²) < 4.78 is 0. The summed E-state index contributed by atoms with van der Waals surface area (Å²) in [6.07, 6.45) is 14.1. The zero-order valence-electron chi connectivity index (χ0n) is 21.7. The van der Waals surface area contributed by atoms with Gasteiger partial charge in [0, 0.05) is 42.5 Å². The van der Waals surface area contributed by atoms with E-state index in [0.717, 1.165) is 34.3 Å². The van der Waals surface area contributed by atoms with Crippen LogP contribution in [-0.2, 0) is 12.8 Å². The van der Waals surface area contributed by atoms with Crippen LogP contribution in [0.3, 0.4) is 0 Å². The summed E-state index contributed by atoms with van der Waals surface area (Å²) in [5, 5.41) is 1.97. The van der Waals surface area contributed by atoms with E-state index >= 15 is 0 Å². The van der Waals surface area contributed by atoms with Gasteiger partial charge in [0.05, 0.1) is 10.5 Å². The number of rotatable bonds is 8. The standard InChI is InChI=1S/C15H14ClN.C15H30N2/c1-2-10-7-8-12-14(9-10)17-13-6-4-3-5-11(13)15(12)16;1-5-7-9-14(3)17-12-11-16(4)13-15(17)10-8-6-2/h2,7-9H,1,3-6H2;15H,3,5-13H2,1-2,4H3. The number of unbranched alkanes of at least 4 members (excludes halogenated alkanes) is 2. The van der Waals surface area contributed by atoms with Gasteiger partial charge in [-0.2, -0.15) is 0 Å². The second-order valence-corrected chi connectivity index (χ2v) is 10.3. The third kappa shape index (κ3) is 6.86. The second-order valence-electron chi connectivity index (χ2n) is 9.96. The van der Waals surface area contributed by atoms with Crippen molar-refractivity contribution < 1.29 is 0 Å². The minimum atomic E-state index is 0.707. The first kappa shape index (κ1) is 26.8. The molecule has 0 N–H and O–H groups in total. The van der Waals surface area contributed by atoms with Crippen molar-refractivity contribution in [2.45, 2.75) is 84.1 Å². The van der Waals surface area contributed by atoms with Crippen molar-refractivity contribution in [3.8, 4) is 0 Å². The predicted molar refractivity (Wildman–Crippen MR) is 150 cm³/mol. The van der Waals surface area contributed by atoms with Crippen LogP contribution >= 0.6 is 11.6 Å². The smallest absolute Gasteiger partial charge is 0.0726 e. The lowest BCUT2D eigenvalue weighted by Crippen LogP contribution is -2.50. The summed E-state index contributed by atoms with van der Waals surface area (Å²) in [5.41, 5.74) is 5.91. The number of aromatic nitrogens is 1. The van der Waals surface area contributed by atoms with Crippen LogP contribution < -0.4 is 0 Å². The molecule has 1 aromatic heterocycles. The molecule has 1 atom stereocenters. The van der Waals surface area contributed by atoms with Crippen molar-refractivity contribution in [3.05, 3.63) is 58.9 Å². The first-order valence-corrected chi connectivity index (χ1v) is 13.7. The number of halogens is 1. The van der Waals surface area contributed by atoms with Gasteiger partial charge in [-0.1, -0.05) is 76.1 Å². The van der Waals surface area contributed by atoms with Crippen LogP contribution in [0.25, 0.3) is 17.0 Å². The highest BCUT2D eigenvalue weighted by Gasteiger charge is 2.25. The van der Waals surface area contributed by atoms with Crippen LogP contribution in [-0.4, -0.2) is 47.5 Å². The average molecular weight is 482 g/mol. The molecule has 1 aliphatic heterocycles. The van der Waals surface area contributed by atoms with E-state index in [1.807, 2.05) is 12.1 Å². The van der Waals surface area contributed by atoms with Gasteiger partial charge in [-0.3, -0.25) is 4.98 Å². The quantitative estimate of drug-likeness (QED) is 0.381. The molecule has 3 nitrogen and oxygen atoms in total. The van der Waals surface area contributed by atoms with Crippen LogP contribution in [0.2, 0.25) is 5.02 Å². The Balaban J connectivity index is 0.000000191. The van der Waals surface area contributed by atoms with Crippen LogP contribution in [0, 0.1) is 0 Å². The molecule has 34 heavy (non-hydrogen) atoms. The summed E-state index contributed by atoms with van der Waals surface area (Å²) in [6, 6.07) is 6.86. The third-order valence-corrected chi connectivity index (χ3v) is 7.69. The van der Waals surface area contributed by atoms with Crippen LogP contribution in [0.15, 0.2) is 37.1 Å². The summed E-state index contributed by atoms with van der Waals surface area (Å²) in [4.78, 5) is 9.80. The molecule has 0 saturated carbocycles. The molecule has 1 aromatic carbocycles. The Hall–Kier alpha value is -1.84. The maximum absolute atomic E-state index is 6.49. The van der Waals surface area contributed by atoms with E-state index in [1.54, 1.807) is 0 Å². The highest BCUT2D eigenvalue weighted by molar-refractivity contribution is 6.36. The van der Waals surface area contributed by atoms with E-state index in [-0.39, 0.29) is 0 Å². The van der Waals surface area contributed by atoms with Crippen molar-refractivity contribution in [2.75, 3.05) is 26.7 Å². The van der Waals surface area contributed by atoms with Crippen molar-refractivity contribution in [3.63, 3.8) is 0 Å². The fourth-order valence-corrected chi connectivity index (χ4v) is 5.51. The Labute approximate surface area is 212 Å². The number of nitrogens with zero attached hydrogens (tertiary/aromatic N) is 3. The van der Waals surface area contributed by atoms with Crippen LogP contribution in [0.5, 0.6) is 0 Å². The van der Waals surface area contributed by atoms with Crippen molar-refractivity contribution in [2.24, 2.45) is 0 Å². The van der Waals surface area contributed by atoms with Gasteiger partial charge in [-0.05, 0) is 69.2 Å². The van der Waals surface area contributed by atoms with Crippen LogP contribution in [0.1, 0.15) is 82.0 Å². The van der Waals surface area contributed by atoms with Crippen molar-refractivity contribution in [1.29, 1.82) is 0 Å². The highest BCUT2D eigenvalue weighted by Crippen LogP contribution is 2.33. The normalized spacial score (nSPS) is 18.2. The van der Waals surface area contributed by atoms with E-state index in [9.17, 15) is 0 Å². The molecule has 0 spiro atoms. The van der Waals surface area contributed by atoms with Gasteiger partial charge >= 0.3 is 0 Å². The Bertz CT molecular complexity index is 967. The molecular formula is C30H44ClN3. The largest absolute Gasteiger partial charge is 0.370 e. The molecule has 0 amide bonds. The number of allylic oxidation sites excluding steroid dienone is 1. The number of hydrogen-bond acceptors (Lipinski definition) is 3. The summed E-state index contributed by atoms with van der Waals surface area (Å²) >= 11 is 6.49. The molecule has 2 aliphatic rings. The number of benzene rings is 1. The van der Waals surface area contributed by atoms with Gasteiger partial charge in [-0.25, -0.2) is 0 Å². The molecule has 2 heterocycles. The minimum absolute atomic E-state index is 0.707. The van der Waals surface area contributed by atoms with E-state index in [0.29, 0.717) is 6.04 Å². The van der Waals surface area contributed by atoms with E-state index in [4.69, 9.17) is 16.6 Å². The molecule has 1 fully saturated rings. The van der Waals surface area contributed by atoms with Gasteiger partial charge in [-0.15, -0.1) is 0 Å². The Morgan fingerprint density at radius 1 is 1.15 bits per heavy atom.